The second kappa shape index (κ2) is 6.31. The van der Waals surface area contributed by atoms with Crippen LogP contribution in [-0.4, -0.2) is 12.2 Å². The highest BCUT2D eigenvalue weighted by molar-refractivity contribution is 6.30. The molecule has 1 aromatic carbocycles. The average Bonchev–Trinajstić information content (AvgIpc) is 2.39. The van der Waals surface area contributed by atoms with Gasteiger partial charge >= 0.3 is 6.18 Å². The second-order valence-electron chi connectivity index (χ2n) is 5.17. The number of halogens is 5. The molecule has 0 saturated heterocycles. The summed E-state index contributed by atoms with van der Waals surface area (Å²) in [5, 5.41) is 2.92. The van der Waals surface area contributed by atoms with Gasteiger partial charge in [0.1, 0.15) is 5.82 Å². The molecule has 20 heavy (non-hydrogen) atoms. The first-order chi connectivity index (χ1) is 9.38. The Morgan fingerprint density at radius 1 is 1.20 bits per heavy atom. The van der Waals surface area contributed by atoms with Crippen molar-refractivity contribution in [2.75, 3.05) is 0 Å². The fourth-order valence-electron chi connectivity index (χ4n) is 2.67. The lowest BCUT2D eigenvalue weighted by Crippen LogP contribution is -2.45. The molecule has 2 unspecified atom stereocenters. The molecule has 1 aromatic rings. The van der Waals surface area contributed by atoms with Crippen LogP contribution in [0.5, 0.6) is 0 Å². The topological polar surface area (TPSA) is 12.0 Å². The predicted octanol–water partition coefficient (Wildman–Crippen LogP) is 4.69. The van der Waals surface area contributed by atoms with Gasteiger partial charge in [-0.05, 0) is 30.5 Å². The minimum atomic E-state index is -4.18. The normalized spacial score (nSPS) is 23.9. The third kappa shape index (κ3) is 3.85. The summed E-state index contributed by atoms with van der Waals surface area (Å²) >= 11 is 5.57. The van der Waals surface area contributed by atoms with Gasteiger partial charge in [0, 0.05) is 12.6 Å². The maximum absolute atomic E-state index is 13.3. The van der Waals surface area contributed by atoms with Crippen molar-refractivity contribution in [2.24, 2.45) is 5.92 Å². The summed E-state index contributed by atoms with van der Waals surface area (Å²) in [5.41, 5.74) is 0.596. The van der Waals surface area contributed by atoms with Gasteiger partial charge in [-0.25, -0.2) is 4.39 Å². The highest BCUT2D eigenvalue weighted by Gasteiger charge is 2.45. The second-order valence-corrected chi connectivity index (χ2v) is 5.58. The van der Waals surface area contributed by atoms with Crippen LogP contribution in [0.4, 0.5) is 17.6 Å². The van der Waals surface area contributed by atoms with E-state index >= 15 is 0 Å². The first kappa shape index (κ1) is 15.6. The van der Waals surface area contributed by atoms with E-state index in [1.807, 2.05) is 0 Å². The van der Waals surface area contributed by atoms with Crippen molar-refractivity contribution in [1.82, 2.24) is 5.32 Å². The van der Waals surface area contributed by atoms with Gasteiger partial charge in [0.15, 0.2) is 0 Å². The molecule has 0 aliphatic heterocycles. The smallest absolute Gasteiger partial charge is 0.309 e. The third-order valence-corrected chi connectivity index (χ3v) is 4.05. The number of benzene rings is 1. The summed E-state index contributed by atoms with van der Waals surface area (Å²) in [7, 11) is 0. The van der Waals surface area contributed by atoms with E-state index in [1.165, 1.54) is 12.1 Å². The summed E-state index contributed by atoms with van der Waals surface area (Å²) in [4.78, 5) is 0. The van der Waals surface area contributed by atoms with Crippen molar-refractivity contribution in [3.8, 4) is 0 Å². The van der Waals surface area contributed by atoms with Crippen molar-refractivity contribution in [3.63, 3.8) is 0 Å². The monoisotopic (exact) mass is 309 g/mol. The molecule has 1 aliphatic carbocycles. The van der Waals surface area contributed by atoms with E-state index in [0.29, 0.717) is 18.4 Å². The minimum absolute atomic E-state index is 0.0135. The van der Waals surface area contributed by atoms with E-state index in [0.717, 1.165) is 6.42 Å². The van der Waals surface area contributed by atoms with Crippen LogP contribution in [0, 0.1) is 11.7 Å². The van der Waals surface area contributed by atoms with Gasteiger partial charge in [0.25, 0.3) is 0 Å². The summed E-state index contributed by atoms with van der Waals surface area (Å²) in [5.74, 6) is -1.87. The van der Waals surface area contributed by atoms with Crippen LogP contribution in [0.3, 0.4) is 0 Å². The highest BCUT2D eigenvalue weighted by atomic mass is 35.5. The lowest BCUT2D eigenvalue weighted by atomic mass is 9.84. The minimum Gasteiger partial charge on any atom is -0.309 e. The Labute approximate surface area is 120 Å². The molecule has 1 N–H and O–H groups in total. The largest absolute Gasteiger partial charge is 0.393 e. The molecule has 1 aliphatic rings. The molecule has 6 heteroatoms. The SMILES string of the molecule is Fc1cc(CNC2CCCCC2C(F)(F)F)ccc1Cl. The lowest BCUT2D eigenvalue weighted by Gasteiger charge is -2.33. The molecular formula is C14H16ClF4N. The first-order valence-corrected chi connectivity index (χ1v) is 7.00. The van der Waals surface area contributed by atoms with Crippen LogP contribution in [0.2, 0.25) is 5.02 Å². The summed E-state index contributed by atoms with van der Waals surface area (Å²) < 4.78 is 52.0. The summed E-state index contributed by atoms with van der Waals surface area (Å²) in [6.45, 7) is 0.214. The maximum Gasteiger partial charge on any atom is 0.393 e. The van der Waals surface area contributed by atoms with E-state index < -0.39 is 24.0 Å². The molecule has 112 valence electrons. The Morgan fingerprint density at radius 3 is 2.55 bits per heavy atom. The lowest BCUT2D eigenvalue weighted by molar-refractivity contribution is -0.189. The molecule has 2 atom stereocenters. The number of nitrogens with one attached hydrogen (secondary N) is 1. The fraction of sp³-hybridized carbons (Fsp3) is 0.571. The quantitative estimate of drug-likeness (QED) is 0.799. The first-order valence-electron chi connectivity index (χ1n) is 6.62. The van der Waals surface area contributed by atoms with Crippen LogP contribution in [-0.2, 0) is 6.54 Å². The van der Waals surface area contributed by atoms with E-state index in [4.69, 9.17) is 11.6 Å². The zero-order valence-corrected chi connectivity index (χ0v) is 11.6. The zero-order valence-electron chi connectivity index (χ0n) is 10.8. The van der Waals surface area contributed by atoms with Crippen LogP contribution in [0.15, 0.2) is 18.2 Å². The van der Waals surface area contributed by atoms with Crippen LogP contribution in [0.25, 0.3) is 0 Å². The average molecular weight is 310 g/mol. The number of hydrogen-bond acceptors (Lipinski definition) is 1. The Kier molecular flexibility index (Phi) is 4.91. The number of alkyl halides is 3. The zero-order chi connectivity index (χ0) is 14.8. The number of hydrogen-bond donors (Lipinski definition) is 1. The molecule has 0 bridgehead atoms. The van der Waals surface area contributed by atoms with Gasteiger partial charge in [0.05, 0.1) is 10.9 Å². The van der Waals surface area contributed by atoms with E-state index in [1.54, 1.807) is 6.07 Å². The molecule has 1 nitrogen and oxygen atoms in total. The van der Waals surface area contributed by atoms with E-state index in [9.17, 15) is 17.6 Å². The standard InChI is InChI=1S/C14H16ClF4N/c15-11-6-5-9(7-12(11)16)8-20-13-4-2-1-3-10(13)14(17,18)19/h5-7,10,13,20H,1-4,8H2. The Morgan fingerprint density at radius 2 is 1.90 bits per heavy atom. The predicted molar refractivity (Wildman–Crippen MR) is 70.1 cm³/mol. The number of rotatable bonds is 3. The Balaban J connectivity index is 1.99. The van der Waals surface area contributed by atoms with Crippen molar-refractivity contribution < 1.29 is 17.6 Å². The summed E-state index contributed by atoms with van der Waals surface area (Å²) in [6, 6.07) is 3.68. The van der Waals surface area contributed by atoms with Gasteiger partial charge < -0.3 is 5.32 Å². The highest BCUT2D eigenvalue weighted by Crippen LogP contribution is 2.37. The third-order valence-electron chi connectivity index (χ3n) is 3.74. The molecule has 0 radical (unpaired) electrons. The van der Waals surface area contributed by atoms with Crippen LogP contribution in [0.1, 0.15) is 31.2 Å². The van der Waals surface area contributed by atoms with Crippen molar-refractivity contribution in [3.05, 3.63) is 34.6 Å². The summed E-state index contributed by atoms with van der Waals surface area (Å²) in [6.07, 6.45) is -2.11. The van der Waals surface area contributed by atoms with Crippen LogP contribution >= 0.6 is 11.6 Å². The maximum atomic E-state index is 13.3. The molecule has 0 heterocycles. The van der Waals surface area contributed by atoms with Crippen molar-refractivity contribution in [1.29, 1.82) is 0 Å². The fourth-order valence-corrected chi connectivity index (χ4v) is 2.78. The van der Waals surface area contributed by atoms with Gasteiger partial charge in [-0.2, -0.15) is 13.2 Å². The van der Waals surface area contributed by atoms with Gasteiger partial charge in [0.2, 0.25) is 0 Å². The molecule has 1 saturated carbocycles. The van der Waals surface area contributed by atoms with E-state index in [2.05, 4.69) is 5.32 Å². The molecule has 0 amide bonds. The van der Waals surface area contributed by atoms with Crippen LogP contribution < -0.4 is 5.32 Å². The molecule has 0 aromatic heterocycles. The van der Waals surface area contributed by atoms with Crippen molar-refractivity contribution >= 4 is 11.6 Å². The van der Waals surface area contributed by atoms with Gasteiger partial charge in [-0.3, -0.25) is 0 Å². The van der Waals surface area contributed by atoms with E-state index in [-0.39, 0.29) is 18.0 Å². The van der Waals surface area contributed by atoms with Gasteiger partial charge in [-0.1, -0.05) is 30.5 Å². The Bertz CT molecular complexity index is 461. The molecular weight excluding hydrogens is 294 g/mol. The molecule has 1 fully saturated rings. The Hall–Kier alpha value is -0.810. The molecule has 2 rings (SSSR count). The van der Waals surface area contributed by atoms with Gasteiger partial charge in [-0.15, -0.1) is 0 Å². The molecule has 0 spiro atoms. The van der Waals surface area contributed by atoms with Crippen molar-refractivity contribution in [2.45, 2.75) is 44.4 Å².